The number of aromatic amines is 1. The SMILES string of the molecule is Cc1ncnc2c1ncn2[C@@H]1O[C@H](CSc2ccc3ccccc3c2)[C@@H](O)[C@H]1O.Cc1ncnc2c1ncn2[C@@H]1O[C@H](CSc2ccc3ccccc3n2)[C@@H](O)[C@H]1O.Cc1ncnc2c1ncn2[C@@H]1O[C@H](CSc2nc3ccccc3c(=O)[nH]2)[C@@H](O)[C@H]1O. The minimum atomic E-state index is -1.16. The van der Waals surface area contributed by atoms with Crippen LogP contribution in [0.5, 0.6) is 0 Å². The summed E-state index contributed by atoms with van der Waals surface area (Å²) in [4.78, 5) is 63.2. The molecule has 3 aliphatic rings. The Morgan fingerprint density at radius 2 is 0.898 bits per heavy atom. The molecule has 15 rings (SSSR count). The van der Waals surface area contributed by atoms with Crippen LogP contribution >= 0.6 is 35.3 Å². The quantitative estimate of drug-likeness (QED) is 0.0580. The zero-order chi connectivity index (χ0) is 60.7. The molecule has 450 valence electrons. The van der Waals surface area contributed by atoms with Crippen LogP contribution in [0.3, 0.4) is 0 Å². The number of nitrogens with zero attached hydrogens (tertiary/aromatic N) is 14. The summed E-state index contributed by atoms with van der Waals surface area (Å²) >= 11 is 4.33. The second kappa shape index (κ2) is 25.3. The number of aryl methyl sites for hydroxylation is 3. The van der Waals surface area contributed by atoms with Crippen LogP contribution in [-0.4, -0.2) is 176 Å². The molecule has 3 fully saturated rings. The van der Waals surface area contributed by atoms with Gasteiger partial charge in [-0.1, -0.05) is 78.5 Å². The molecule has 12 aromatic rings. The molecule has 28 heteroatoms. The first-order chi connectivity index (χ1) is 42.8. The Kier molecular flexibility index (Phi) is 16.9. The number of ether oxygens (including phenoxy) is 3. The Labute approximate surface area is 512 Å². The van der Waals surface area contributed by atoms with Crippen LogP contribution < -0.4 is 5.56 Å². The zero-order valence-corrected chi connectivity index (χ0v) is 49.6. The normalized spacial score (nSPS) is 24.4. The molecule has 0 aliphatic carbocycles. The van der Waals surface area contributed by atoms with Crippen molar-refractivity contribution in [2.24, 2.45) is 0 Å². The number of hydrogen-bond acceptors (Lipinski definition) is 24. The lowest BCUT2D eigenvalue weighted by Gasteiger charge is -2.16. The van der Waals surface area contributed by atoms with Crippen molar-refractivity contribution in [2.45, 2.75) is 109 Å². The number of rotatable bonds is 12. The molecule has 11 heterocycles. The van der Waals surface area contributed by atoms with E-state index in [4.69, 9.17) is 14.2 Å². The third kappa shape index (κ3) is 11.7. The molecular formula is C60H57N15O10S3. The Balaban J connectivity index is 0.000000122. The highest BCUT2D eigenvalue weighted by molar-refractivity contribution is 7.99. The van der Waals surface area contributed by atoms with Crippen LogP contribution in [0.4, 0.5) is 0 Å². The number of aromatic nitrogens is 15. The molecule has 0 amide bonds. The summed E-state index contributed by atoms with van der Waals surface area (Å²) in [5.41, 5.74) is 7.09. The van der Waals surface area contributed by atoms with E-state index >= 15 is 0 Å². The molecular weight excluding hydrogens is 1190 g/mol. The summed E-state index contributed by atoms with van der Waals surface area (Å²) in [7, 11) is 0. The summed E-state index contributed by atoms with van der Waals surface area (Å²) in [6.07, 6.45) is -1.53. The highest BCUT2D eigenvalue weighted by Gasteiger charge is 2.47. The van der Waals surface area contributed by atoms with Gasteiger partial charge in [-0.2, -0.15) is 0 Å². The van der Waals surface area contributed by atoms with E-state index < -0.39 is 73.6 Å². The Hall–Kier alpha value is -7.97. The molecule has 4 aromatic carbocycles. The van der Waals surface area contributed by atoms with Crippen LogP contribution in [0.15, 0.2) is 161 Å². The van der Waals surface area contributed by atoms with Crippen molar-refractivity contribution in [3.63, 3.8) is 0 Å². The largest absolute Gasteiger partial charge is 0.387 e. The van der Waals surface area contributed by atoms with Crippen LogP contribution in [-0.2, 0) is 14.2 Å². The Bertz CT molecular complexity index is 4370. The lowest BCUT2D eigenvalue weighted by molar-refractivity contribution is -0.0289. The first-order valence-electron chi connectivity index (χ1n) is 28.0. The molecule has 0 unspecified atom stereocenters. The van der Waals surface area contributed by atoms with Gasteiger partial charge in [0.05, 0.1) is 75.8 Å². The number of imidazole rings is 3. The number of aliphatic hydroxyl groups is 6. The van der Waals surface area contributed by atoms with Crippen LogP contribution in [0.1, 0.15) is 35.8 Å². The number of nitrogens with one attached hydrogen (secondary N) is 1. The lowest BCUT2D eigenvalue weighted by Crippen LogP contribution is -2.32. The van der Waals surface area contributed by atoms with Gasteiger partial charge in [0.2, 0.25) is 0 Å². The molecule has 8 aromatic heterocycles. The highest BCUT2D eigenvalue weighted by atomic mass is 32.2. The molecule has 88 heavy (non-hydrogen) atoms. The predicted molar refractivity (Wildman–Crippen MR) is 328 cm³/mol. The number of hydrogen-bond donors (Lipinski definition) is 7. The standard InChI is InChI=1S/C21H20N4O3S.C20H19N5O3S.C19H18N6O4S/c1-12-17-20(23-10-22-12)25(11-24-17)21-19(27)18(26)16(28-21)9-29-15-7-6-13-4-2-3-5-14(13)8-15;1-11-16-19(22-9-21-11)25(10-23-16)20-18(27)17(26)14(28-20)8-29-15-7-6-12-4-2-3-5-13(12)24-15;1-9-13-16(21-7-20-9)25(8-22-13)18-15(27)14(26)12(29-18)6-30-19-23-11-5-3-2-4-10(11)17(28)24-19/h2-8,10-11,16,18-19,21,26-27H,9H2,1H3;2-7,9-10,14,17-18,20,26-27H,8H2,1H3;2-5,7-8,12,14-15,18,26-27H,6H2,1H3,(H,23,24,28)/t16-,18-,19-,21-;14-,17-,18-,20-;12-,14-,15-,18-/m111/s1. The van der Waals surface area contributed by atoms with Gasteiger partial charge in [-0.3, -0.25) is 18.5 Å². The van der Waals surface area contributed by atoms with E-state index in [1.165, 1.54) is 59.6 Å². The second-order valence-electron chi connectivity index (χ2n) is 21.2. The summed E-state index contributed by atoms with van der Waals surface area (Å²) in [6.45, 7) is 5.52. The van der Waals surface area contributed by atoms with Gasteiger partial charge in [0.15, 0.2) is 40.8 Å². The molecule has 0 saturated carbocycles. The van der Waals surface area contributed by atoms with Gasteiger partial charge < -0.3 is 49.8 Å². The van der Waals surface area contributed by atoms with E-state index in [1.807, 2.05) is 75.4 Å². The number of benzene rings is 4. The molecule has 25 nitrogen and oxygen atoms in total. The number of H-pyrrole nitrogens is 1. The minimum Gasteiger partial charge on any atom is -0.387 e. The maximum atomic E-state index is 12.2. The van der Waals surface area contributed by atoms with E-state index in [1.54, 1.807) is 56.3 Å². The Morgan fingerprint density at radius 1 is 0.455 bits per heavy atom. The van der Waals surface area contributed by atoms with Crippen LogP contribution in [0.25, 0.3) is 66.1 Å². The monoisotopic (exact) mass is 1240 g/mol. The molecule has 3 aliphatic heterocycles. The van der Waals surface area contributed by atoms with Gasteiger partial charge >= 0.3 is 0 Å². The first kappa shape index (κ1) is 59.0. The number of aliphatic hydroxyl groups excluding tert-OH is 6. The van der Waals surface area contributed by atoms with Gasteiger partial charge in [0.1, 0.15) is 72.2 Å². The van der Waals surface area contributed by atoms with Gasteiger partial charge in [-0.25, -0.2) is 54.8 Å². The summed E-state index contributed by atoms with van der Waals surface area (Å²) in [6, 6.07) is 33.4. The minimum absolute atomic E-state index is 0.228. The van der Waals surface area contributed by atoms with E-state index in [0.29, 0.717) is 66.8 Å². The van der Waals surface area contributed by atoms with Gasteiger partial charge in [-0.15, -0.1) is 23.5 Å². The van der Waals surface area contributed by atoms with Gasteiger partial charge in [0, 0.05) is 27.5 Å². The fraction of sp³-hybridized carbons (Fsp3) is 0.300. The fourth-order valence-electron chi connectivity index (χ4n) is 10.8. The van der Waals surface area contributed by atoms with Crippen molar-refractivity contribution in [2.75, 3.05) is 17.3 Å². The van der Waals surface area contributed by atoms with Crippen molar-refractivity contribution in [1.82, 2.24) is 73.5 Å². The van der Waals surface area contributed by atoms with Crippen molar-refractivity contribution in [1.29, 1.82) is 0 Å². The van der Waals surface area contributed by atoms with E-state index in [0.717, 1.165) is 32.2 Å². The topological polar surface area (TPSA) is 339 Å². The second-order valence-corrected chi connectivity index (χ2v) is 24.3. The highest BCUT2D eigenvalue weighted by Crippen LogP contribution is 2.38. The average Bonchev–Trinajstić information content (AvgIpc) is 4.00. The summed E-state index contributed by atoms with van der Waals surface area (Å²) in [5, 5.41) is 68.5. The van der Waals surface area contributed by atoms with E-state index in [2.05, 4.69) is 90.1 Å². The molecule has 3 saturated heterocycles. The van der Waals surface area contributed by atoms with Crippen molar-refractivity contribution in [3.05, 3.63) is 169 Å². The molecule has 0 spiro atoms. The lowest BCUT2D eigenvalue weighted by atomic mass is 10.1. The summed E-state index contributed by atoms with van der Waals surface area (Å²) < 4.78 is 22.9. The number of para-hydroxylation sites is 2. The summed E-state index contributed by atoms with van der Waals surface area (Å²) in [5.74, 6) is 1.27. The zero-order valence-electron chi connectivity index (χ0n) is 47.1. The maximum Gasteiger partial charge on any atom is 0.259 e. The van der Waals surface area contributed by atoms with Crippen molar-refractivity contribution < 1.29 is 44.8 Å². The fourth-order valence-corrected chi connectivity index (χ4v) is 13.7. The first-order valence-corrected chi connectivity index (χ1v) is 30.9. The van der Waals surface area contributed by atoms with E-state index in [-0.39, 0.29) is 11.3 Å². The van der Waals surface area contributed by atoms with Crippen LogP contribution in [0.2, 0.25) is 0 Å². The van der Waals surface area contributed by atoms with Gasteiger partial charge in [0.25, 0.3) is 5.56 Å². The van der Waals surface area contributed by atoms with Crippen molar-refractivity contribution >= 4 is 101 Å². The molecule has 0 radical (unpaired) electrons. The Morgan fingerprint density at radius 3 is 1.43 bits per heavy atom. The number of thioether (sulfide) groups is 3. The average molecular weight is 1240 g/mol. The number of fused-ring (bicyclic) bond motifs is 6. The van der Waals surface area contributed by atoms with Crippen molar-refractivity contribution in [3.8, 4) is 0 Å². The smallest absolute Gasteiger partial charge is 0.259 e. The molecule has 0 bridgehead atoms. The molecule has 12 atom stereocenters. The molecule has 7 N–H and O–H groups in total. The van der Waals surface area contributed by atoms with Crippen LogP contribution in [0, 0.1) is 20.8 Å². The maximum absolute atomic E-state index is 12.2. The van der Waals surface area contributed by atoms with E-state index in [9.17, 15) is 35.4 Å². The third-order valence-corrected chi connectivity index (χ3v) is 18.6. The van der Waals surface area contributed by atoms with Gasteiger partial charge in [-0.05, 0) is 67.9 Å². The number of pyridine rings is 1. The predicted octanol–water partition coefficient (Wildman–Crippen LogP) is 5.58. The third-order valence-electron chi connectivity index (χ3n) is 15.5.